The Balaban J connectivity index is 1.80. The fourth-order valence-corrected chi connectivity index (χ4v) is 3.50. The van der Waals surface area contributed by atoms with E-state index in [0.717, 1.165) is 35.1 Å². The molecule has 6 nitrogen and oxygen atoms in total. The fraction of sp³-hybridized carbons (Fsp3) is 0.588. The normalized spacial score (nSPS) is 13.5. The molecule has 2 aromatic heterocycles. The highest BCUT2D eigenvalue weighted by Crippen LogP contribution is 2.20. The van der Waals surface area contributed by atoms with E-state index in [-0.39, 0.29) is 12.1 Å². The molecule has 2 aromatic rings. The average molecular weight is 350 g/mol. The number of aromatic nitrogens is 3. The summed E-state index contributed by atoms with van der Waals surface area (Å²) in [6.07, 6.45) is 0.821. The second-order valence-corrected chi connectivity index (χ2v) is 7.25. The number of carbonyl (C=O) groups excluding carboxylic acids is 1. The minimum atomic E-state index is -0.144. The number of aryl methyl sites for hydroxylation is 3. The molecule has 0 aliphatic heterocycles. The van der Waals surface area contributed by atoms with Gasteiger partial charge in [0.15, 0.2) is 0 Å². The van der Waals surface area contributed by atoms with Gasteiger partial charge in [0.25, 0.3) is 0 Å². The van der Waals surface area contributed by atoms with Gasteiger partial charge in [0.2, 0.25) is 0 Å². The second kappa shape index (κ2) is 8.28. The first kappa shape index (κ1) is 18.4. The third kappa shape index (κ3) is 5.06. The molecule has 132 valence electrons. The van der Waals surface area contributed by atoms with E-state index in [2.05, 4.69) is 40.6 Å². The Morgan fingerprint density at radius 3 is 2.62 bits per heavy atom. The summed E-state index contributed by atoms with van der Waals surface area (Å²) in [6.45, 7) is 11.6. The van der Waals surface area contributed by atoms with Gasteiger partial charge >= 0.3 is 6.03 Å². The second-order valence-electron chi connectivity index (χ2n) is 6.36. The number of nitrogens with zero attached hydrogens (tertiary/aromatic N) is 3. The van der Waals surface area contributed by atoms with Crippen LogP contribution in [0, 0.1) is 26.7 Å². The quantitative estimate of drug-likeness (QED) is 0.805. The summed E-state index contributed by atoms with van der Waals surface area (Å²) in [5, 5.41) is 13.4. The summed E-state index contributed by atoms with van der Waals surface area (Å²) in [4.78, 5) is 16.6. The number of thiazole rings is 1. The van der Waals surface area contributed by atoms with Crippen LogP contribution >= 0.6 is 11.3 Å². The van der Waals surface area contributed by atoms with Gasteiger partial charge in [-0.15, -0.1) is 11.3 Å². The minimum Gasteiger partial charge on any atom is -0.338 e. The number of urea groups is 1. The Morgan fingerprint density at radius 1 is 1.33 bits per heavy atom. The summed E-state index contributed by atoms with van der Waals surface area (Å²) in [6, 6.07) is 1.89. The highest BCUT2D eigenvalue weighted by Gasteiger charge is 2.16. The topological polar surface area (TPSA) is 71.8 Å². The Labute approximate surface area is 147 Å². The molecule has 7 heteroatoms. The van der Waals surface area contributed by atoms with E-state index < -0.39 is 0 Å². The van der Waals surface area contributed by atoms with Gasteiger partial charge < -0.3 is 10.6 Å². The molecule has 0 spiro atoms. The number of rotatable bonds is 7. The molecule has 2 atom stereocenters. The van der Waals surface area contributed by atoms with Crippen LogP contribution in [0.15, 0.2) is 11.4 Å². The molecule has 0 aromatic carbocycles. The summed E-state index contributed by atoms with van der Waals surface area (Å²) in [5.74, 6) is 0.302. The molecule has 0 bridgehead atoms. The van der Waals surface area contributed by atoms with Crippen LogP contribution in [0.4, 0.5) is 4.79 Å². The first-order chi connectivity index (χ1) is 11.4. The Morgan fingerprint density at radius 2 is 2.08 bits per heavy atom. The van der Waals surface area contributed by atoms with Crippen molar-refractivity contribution in [1.29, 1.82) is 0 Å². The lowest BCUT2D eigenvalue weighted by molar-refractivity contribution is 0.234. The number of nitrogens with one attached hydrogen (secondary N) is 2. The van der Waals surface area contributed by atoms with Gasteiger partial charge in [-0.3, -0.25) is 4.68 Å². The lowest BCUT2D eigenvalue weighted by Crippen LogP contribution is -2.40. The minimum absolute atomic E-state index is 0.0324. The predicted molar refractivity (Wildman–Crippen MR) is 97.3 cm³/mol. The van der Waals surface area contributed by atoms with Gasteiger partial charge in [-0.1, -0.05) is 13.8 Å². The summed E-state index contributed by atoms with van der Waals surface area (Å²) in [5.41, 5.74) is 3.16. The predicted octanol–water partition coefficient (Wildman–Crippen LogP) is 3.35. The van der Waals surface area contributed by atoms with Crippen molar-refractivity contribution in [3.8, 4) is 0 Å². The first-order valence-corrected chi connectivity index (χ1v) is 9.24. The molecule has 0 fully saturated rings. The molecule has 0 saturated heterocycles. The highest BCUT2D eigenvalue weighted by molar-refractivity contribution is 7.09. The zero-order valence-electron chi connectivity index (χ0n) is 15.1. The van der Waals surface area contributed by atoms with Crippen LogP contribution in [0.25, 0.3) is 0 Å². The van der Waals surface area contributed by atoms with Crippen molar-refractivity contribution in [2.75, 3.05) is 6.54 Å². The summed E-state index contributed by atoms with van der Waals surface area (Å²) >= 11 is 1.59. The zero-order chi connectivity index (χ0) is 17.7. The molecule has 2 rings (SSSR count). The maximum atomic E-state index is 12.2. The van der Waals surface area contributed by atoms with E-state index >= 15 is 0 Å². The van der Waals surface area contributed by atoms with Gasteiger partial charge in [0.1, 0.15) is 5.01 Å². The average Bonchev–Trinajstić information content (AvgIpc) is 3.08. The van der Waals surface area contributed by atoms with E-state index in [1.54, 1.807) is 11.3 Å². The molecule has 0 saturated carbocycles. The van der Waals surface area contributed by atoms with Crippen LogP contribution in [0.1, 0.15) is 48.4 Å². The molecule has 0 radical (unpaired) electrons. The van der Waals surface area contributed by atoms with E-state index in [9.17, 15) is 4.79 Å². The van der Waals surface area contributed by atoms with Crippen LogP contribution < -0.4 is 10.6 Å². The molecule has 0 aliphatic rings. The van der Waals surface area contributed by atoms with Crippen LogP contribution in [0.5, 0.6) is 0 Å². The number of amides is 2. The van der Waals surface area contributed by atoms with Crippen LogP contribution in [-0.4, -0.2) is 27.3 Å². The van der Waals surface area contributed by atoms with Crippen molar-refractivity contribution in [3.05, 3.63) is 33.5 Å². The van der Waals surface area contributed by atoms with Crippen LogP contribution in [-0.2, 0) is 6.54 Å². The molecular weight excluding hydrogens is 322 g/mol. The standard InChI is InChI=1S/C17H27N5OS/c1-6-15(16-19-13(4)10-24-16)20-17(23)18-8-11(2)9-22-14(5)7-12(3)21-22/h7,10-11,15H,6,8-9H2,1-5H3,(H2,18,20,23)/t11-,15+/m1/s1. The molecule has 24 heavy (non-hydrogen) atoms. The molecule has 2 N–H and O–H groups in total. The maximum absolute atomic E-state index is 12.2. The molecular formula is C17H27N5OS. The third-order valence-electron chi connectivity index (χ3n) is 3.85. The number of hydrogen-bond acceptors (Lipinski definition) is 4. The highest BCUT2D eigenvalue weighted by atomic mass is 32.1. The zero-order valence-corrected chi connectivity index (χ0v) is 15.9. The van der Waals surface area contributed by atoms with Crippen LogP contribution in [0.2, 0.25) is 0 Å². The lowest BCUT2D eigenvalue weighted by atomic mass is 10.2. The lowest BCUT2D eigenvalue weighted by Gasteiger charge is -2.17. The van der Waals surface area contributed by atoms with Gasteiger partial charge in [-0.2, -0.15) is 5.10 Å². The summed E-state index contributed by atoms with van der Waals surface area (Å²) in [7, 11) is 0. The van der Waals surface area contributed by atoms with Gasteiger partial charge in [-0.25, -0.2) is 9.78 Å². The Kier molecular flexibility index (Phi) is 6.36. The first-order valence-electron chi connectivity index (χ1n) is 8.36. The van der Waals surface area contributed by atoms with Gasteiger partial charge in [-0.05, 0) is 39.2 Å². The number of carbonyl (C=O) groups is 1. The van der Waals surface area contributed by atoms with Crippen molar-refractivity contribution >= 4 is 17.4 Å². The third-order valence-corrected chi connectivity index (χ3v) is 4.92. The van der Waals surface area contributed by atoms with Crippen molar-refractivity contribution in [2.45, 2.75) is 53.6 Å². The van der Waals surface area contributed by atoms with E-state index in [1.807, 2.05) is 30.8 Å². The molecule has 2 amide bonds. The van der Waals surface area contributed by atoms with Crippen molar-refractivity contribution < 1.29 is 4.79 Å². The maximum Gasteiger partial charge on any atom is 0.315 e. The molecule has 2 heterocycles. The monoisotopic (exact) mass is 349 g/mol. The van der Waals surface area contributed by atoms with Gasteiger partial charge in [0.05, 0.1) is 11.7 Å². The van der Waals surface area contributed by atoms with E-state index in [0.29, 0.717) is 12.5 Å². The van der Waals surface area contributed by atoms with Crippen molar-refractivity contribution in [2.24, 2.45) is 5.92 Å². The fourth-order valence-electron chi connectivity index (χ4n) is 2.57. The SMILES string of the molecule is CC[C@H](NC(=O)NC[C@@H](C)Cn1nc(C)cc1C)c1nc(C)cs1. The van der Waals surface area contributed by atoms with E-state index in [1.165, 1.54) is 0 Å². The molecule has 0 unspecified atom stereocenters. The number of hydrogen-bond donors (Lipinski definition) is 2. The van der Waals surface area contributed by atoms with Gasteiger partial charge in [0, 0.05) is 29.9 Å². The van der Waals surface area contributed by atoms with Crippen LogP contribution in [0.3, 0.4) is 0 Å². The largest absolute Gasteiger partial charge is 0.338 e. The molecule has 0 aliphatic carbocycles. The Hall–Kier alpha value is -1.89. The Bertz CT molecular complexity index is 678. The van der Waals surface area contributed by atoms with Crippen molar-refractivity contribution in [1.82, 2.24) is 25.4 Å². The van der Waals surface area contributed by atoms with Crippen molar-refractivity contribution in [3.63, 3.8) is 0 Å². The smallest absolute Gasteiger partial charge is 0.315 e. The summed E-state index contributed by atoms with van der Waals surface area (Å²) < 4.78 is 1.99. The van der Waals surface area contributed by atoms with E-state index in [4.69, 9.17) is 0 Å².